The molecule has 1 aromatic heterocycles. The number of hydrogen-bond donors (Lipinski definition) is 1. The number of ether oxygens (including phenoxy) is 1. The zero-order valence-electron chi connectivity index (χ0n) is 14.2. The number of benzene rings is 2. The minimum absolute atomic E-state index is 0.0235. The molecule has 3 rings (SSSR count). The summed E-state index contributed by atoms with van der Waals surface area (Å²) < 4.78 is 7.22. The number of methoxy groups -OCH3 is 1. The van der Waals surface area contributed by atoms with Crippen LogP contribution in [0.15, 0.2) is 63.9 Å². The minimum atomic E-state index is -0.470. The van der Waals surface area contributed by atoms with Crippen molar-refractivity contribution in [1.82, 2.24) is 9.78 Å². The molecule has 0 radical (unpaired) electrons. The Hall–Kier alpha value is -2.93. The van der Waals surface area contributed by atoms with Crippen LogP contribution < -0.4 is 15.6 Å². The number of carbonyl (C=O) groups excluding carboxylic acids is 1. The third-order valence-corrected chi connectivity index (χ3v) is 4.25. The maximum atomic E-state index is 12.7. The smallest absolute Gasteiger partial charge is 0.280 e. The Bertz CT molecular complexity index is 1030. The average molecular weight is 414 g/mol. The van der Waals surface area contributed by atoms with Crippen molar-refractivity contribution in [3.05, 3.63) is 80.7 Å². The van der Waals surface area contributed by atoms with E-state index in [0.29, 0.717) is 11.4 Å². The molecule has 0 aliphatic rings. The van der Waals surface area contributed by atoms with Gasteiger partial charge in [0.05, 0.1) is 18.9 Å². The van der Waals surface area contributed by atoms with E-state index in [9.17, 15) is 9.59 Å². The highest BCUT2D eigenvalue weighted by atomic mass is 79.9. The molecule has 1 heterocycles. The van der Waals surface area contributed by atoms with E-state index in [4.69, 9.17) is 4.74 Å². The van der Waals surface area contributed by atoms with Crippen molar-refractivity contribution in [2.24, 2.45) is 0 Å². The van der Waals surface area contributed by atoms with Crippen LogP contribution in [0.4, 0.5) is 5.69 Å². The first kappa shape index (κ1) is 17.9. The van der Waals surface area contributed by atoms with Gasteiger partial charge in [0.15, 0.2) is 11.4 Å². The lowest BCUT2D eigenvalue weighted by Crippen LogP contribution is -2.26. The number of aromatic nitrogens is 2. The molecule has 0 saturated heterocycles. The van der Waals surface area contributed by atoms with Crippen LogP contribution in [0.25, 0.3) is 5.69 Å². The predicted molar refractivity (Wildman–Crippen MR) is 103 cm³/mol. The van der Waals surface area contributed by atoms with E-state index in [-0.39, 0.29) is 17.0 Å². The van der Waals surface area contributed by atoms with Gasteiger partial charge in [0.2, 0.25) is 0 Å². The number of carbonyl (C=O) groups is 1. The molecule has 132 valence electrons. The maximum Gasteiger partial charge on any atom is 0.280 e. The van der Waals surface area contributed by atoms with Crippen LogP contribution in [0.1, 0.15) is 16.1 Å². The Kier molecular flexibility index (Phi) is 5.18. The number of aryl methyl sites for hydroxylation is 1. The van der Waals surface area contributed by atoms with Crippen molar-refractivity contribution in [3.63, 3.8) is 0 Å². The largest absolute Gasteiger partial charge is 0.494 e. The third kappa shape index (κ3) is 3.67. The lowest BCUT2D eigenvalue weighted by molar-refractivity contribution is 0.101. The number of amides is 1. The van der Waals surface area contributed by atoms with Crippen LogP contribution in [0, 0.1) is 6.92 Å². The highest BCUT2D eigenvalue weighted by Crippen LogP contribution is 2.20. The van der Waals surface area contributed by atoms with Crippen molar-refractivity contribution < 1.29 is 9.53 Å². The molecule has 0 aliphatic heterocycles. The summed E-state index contributed by atoms with van der Waals surface area (Å²) in [6.07, 6.45) is 0. The first-order valence-corrected chi connectivity index (χ1v) is 8.60. The Balaban J connectivity index is 2.06. The molecule has 0 fully saturated rings. The van der Waals surface area contributed by atoms with Crippen molar-refractivity contribution in [3.8, 4) is 11.4 Å². The minimum Gasteiger partial charge on any atom is -0.494 e. The standard InChI is InChI=1S/C19H16BrN3O3/c1-12-6-3-4-9-15(12)23-17(24)11-16(26-2)18(22-23)19(25)21-14-8-5-7-13(20)10-14/h3-11H,1-2H3,(H,21,25). The first-order chi connectivity index (χ1) is 12.5. The SMILES string of the molecule is COc1cc(=O)n(-c2ccccc2C)nc1C(=O)Nc1cccc(Br)c1. The molecule has 2 aromatic carbocycles. The molecule has 3 aromatic rings. The molecule has 1 N–H and O–H groups in total. The second kappa shape index (κ2) is 7.53. The zero-order chi connectivity index (χ0) is 18.7. The summed E-state index contributed by atoms with van der Waals surface area (Å²) in [7, 11) is 1.39. The number of para-hydroxylation sites is 1. The highest BCUT2D eigenvalue weighted by molar-refractivity contribution is 9.10. The maximum absolute atomic E-state index is 12.7. The number of halogens is 1. The lowest BCUT2D eigenvalue weighted by Gasteiger charge is -2.12. The second-order valence-electron chi connectivity index (χ2n) is 5.56. The molecule has 0 saturated carbocycles. The average Bonchev–Trinajstić information content (AvgIpc) is 2.62. The highest BCUT2D eigenvalue weighted by Gasteiger charge is 2.19. The summed E-state index contributed by atoms with van der Waals surface area (Å²) in [5, 5.41) is 7.01. The Morgan fingerprint density at radius 1 is 1.15 bits per heavy atom. The number of nitrogens with zero attached hydrogens (tertiary/aromatic N) is 2. The van der Waals surface area contributed by atoms with E-state index in [1.807, 2.05) is 31.2 Å². The van der Waals surface area contributed by atoms with Crippen molar-refractivity contribution in [2.45, 2.75) is 6.92 Å². The molecule has 7 heteroatoms. The van der Waals surface area contributed by atoms with Crippen LogP contribution in [-0.4, -0.2) is 22.8 Å². The van der Waals surface area contributed by atoms with Gasteiger partial charge in [-0.2, -0.15) is 9.78 Å². The van der Waals surface area contributed by atoms with Crippen LogP contribution in [-0.2, 0) is 0 Å². The molecular weight excluding hydrogens is 398 g/mol. The molecular formula is C19H16BrN3O3. The Labute approximate surface area is 158 Å². The molecule has 1 amide bonds. The van der Waals surface area contributed by atoms with Gasteiger partial charge in [0, 0.05) is 10.2 Å². The van der Waals surface area contributed by atoms with Gasteiger partial charge in [-0.1, -0.05) is 40.2 Å². The van der Waals surface area contributed by atoms with Crippen LogP contribution in [0.3, 0.4) is 0 Å². The van der Waals surface area contributed by atoms with Crippen LogP contribution in [0.5, 0.6) is 5.75 Å². The van der Waals surface area contributed by atoms with Crippen molar-refractivity contribution in [1.29, 1.82) is 0 Å². The lowest BCUT2D eigenvalue weighted by atomic mass is 10.2. The van der Waals surface area contributed by atoms with Gasteiger partial charge >= 0.3 is 0 Å². The van der Waals surface area contributed by atoms with Crippen molar-refractivity contribution >= 4 is 27.5 Å². The molecule has 0 bridgehead atoms. The van der Waals surface area contributed by atoms with Gasteiger partial charge < -0.3 is 10.1 Å². The molecule has 0 spiro atoms. The fourth-order valence-corrected chi connectivity index (χ4v) is 2.88. The van der Waals surface area contributed by atoms with Gasteiger partial charge in [-0.25, -0.2) is 0 Å². The predicted octanol–water partition coefficient (Wildman–Crippen LogP) is 3.56. The van der Waals surface area contributed by atoms with Crippen molar-refractivity contribution in [2.75, 3.05) is 12.4 Å². The number of anilines is 1. The number of rotatable bonds is 4. The normalized spacial score (nSPS) is 10.4. The number of nitrogens with one attached hydrogen (secondary N) is 1. The fraction of sp³-hybridized carbons (Fsp3) is 0.105. The molecule has 0 atom stereocenters. The summed E-state index contributed by atoms with van der Waals surface area (Å²) in [5.41, 5.74) is 1.72. The summed E-state index contributed by atoms with van der Waals surface area (Å²) in [5.74, 6) is -0.352. The van der Waals surface area contributed by atoms with E-state index in [2.05, 4.69) is 26.3 Å². The molecule has 0 unspecified atom stereocenters. The van der Waals surface area contributed by atoms with Crippen LogP contribution in [0.2, 0.25) is 0 Å². The third-order valence-electron chi connectivity index (χ3n) is 3.76. The van der Waals surface area contributed by atoms with Gasteiger partial charge in [0.25, 0.3) is 11.5 Å². The topological polar surface area (TPSA) is 73.2 Å². The molecule has 26 heavy (non-hydrogen) atoms. The van der Waals surface area contributed by atoms with E-state index in [1.165, 1.54) is 17.9 Å². The van der Waals surface area contributed by atoms with Gasteiger partial charge in [-0.05, 0) is 36.8 Å². The van der Waals surface area contributed by atoms with Gasteiger partial charge in [-0.3, -0.25) is 9.59 Å². The Morgan fingerprint density at radius 3 is 2.62 bits per heavy atom. The Morgan fingerprint density at radius 2 is 1.92 bits per heavy atom. The second-order valence-corrected chi connectivity index (χ2v) is 6.48. The quantitative estimate of drug-likeness (QED) is 0.709. The monoisotopic (exact) mass is 413 g/mol. The van der Waals surface area contributed by atoms with E-state index in [1.54, 1.807) is 24.3 Å². The van der Waals surface area contributed by atoms with Gasteiger partial charge in [-0.15, -0.1) is 0 Å². The summed E-state index contributed by atoms with van der Waals surface area (Å²) in [6, 6.07) is 15.8. The molecule has 6 nitrogen and oxygen atoms in total. The number of hydrogen-bond acceptors (Lipinski definition) is 4. The summed E-state index contributed by atoms with van der Waals surface area (Å²) >= 11 is 3.36. The zero-order valence-corrected chi connectivity index (χ0v) is 15.8. The van der Waals surface area contributed by atoms with Crippen LogP contribution >= 0.6 is 15.9 Å². The first-order valence-electron chi connectivity index (χ1n) is 7.81. The summed E-state index contributed by atoms with van der Waals surface area (Å²) in [6.45, 7) is 1.87. The summed E-state index contributed by atoms with van der Waals surface area (Å²) in [4.78, 5) is 25.1. The van der Waals surface area contributed by atoms with E-state index in [0.717, 1.165) is 10.0 Å². The molecule has 0 aliphatic carbocycles. The van der Waals surface area contributed by atoms with E-state index >= 15 is 0 Å². The van der Waals surface area contributed by atoms with E-state index < -0.39 is 5.91 Å². The van der Waals surface area contributed by atoms with Gasteiger partial charge in [0.1, 0.15) is 0 Å². The fourth-order valence-electron chi connectivity index (χ4n) is 2.48.